The number of hydrogen-bond acceptors (Lipinski definition) is 6. The minimum absolute atomic E-state index is 0.0694. The summed E-state index contributed by atoms with van der Waals surface area (Å²) in [6.45, 7) is 3.57. The Kier molecular flexibility index (Phi) is 6.76. The lowest BCUT2D eigenvalue weighted by Gasteiger charge is -2.34. The third-order valence-corrected chi connectivity index (χ3v) is 10.3. The second-order valence-electron chi connectivity index (χ2n) is 13.1. The van der Waals surface area contributed by atoms with Crippen molar-refractivity contribution in [1.29, 1.82) is 0 Å². The van der Waals surface area contributed by atoms with Crippen LogP contribution in [0.15, 0.2) is 47.0 Å². The molecule has 5 aliphatic rings. The maximum Gasteiger partial charge on any atom is 0.246 e. The van der Waals surface area contributed by atoms with Gasteiger partial charge in [-0.25, -0.2) is 0 Å². The number of hydrogen-bond donors (Lipinski definition) is 2. The highest BCUT2D eigenvalue weighted by Gasteiger charge is 2.76. The highest BCUT2D eigenvalue weighted by Crippen LogP contribution is 2.60. The Hall–Kier alpha value is -3.46. The number of ether oxygens (including phenoxy) is 1. The first kappa shape index (κ1) is 27.4. The van der Waals surface area contributed by atoms with E-state index in [-0.39, 0.29) is 29.6 Å². The molecule has 222 valence electrons. The number of anilines is 2. The third kappa shape index (κ3) is 4.39. The lowest BCUT2D eigenvalue weighted by molar-refractivity contribution is -0.131. The molecule has 2 bridgehead atoms. The number of amides is 3. The van der Waals surface area contributed by atoms with E-state index < -0.39 is 29.1 Å². The van der Waals surface area contributed by atoms with Crippen molar-refractivity contribution < 1.29 is 23.6 Å². The van der Waals surface area contributed by atoms with Crippen LogP contribution in [0, 0.1) is 18.8 Å². The van der Waals surface area contributed by atoms with Crippen molar-refractivity contribution in [3.8, 4) is 0 Å². The van der Waals surface area contributed by atoms with Gasteiger partial charge in [0.2, 0.25) is 17.7 Å². The Morgan fingerprint density at radius 3 is 2.31 bits per heavy atom. The van der Waals surface area contributed by atoms with Crippen molar-refractivity contribution in [2.75, 3.05) is 10.2 Å². The van der Waals surface area contributed by atoms with Crippen molar-refractivity contribution in [2.45, 2.75) is 107 Å². The molecule has 5 atom stereocenters. The summed E-state index contributed by atoms with van der Waals surface area (Å²) in [5, 5.41) is 9.99. The van der Waals surface area contributed by atoms with Gasteiger partial charge >= 0.3 is 0 Å². The van der Waals surface area contributed by atoms with E-state index in [1.807, 2.05) is 31.2 Å². The Morgan fingerprint density at radius 2 is 1.64 bits per heavy atom. The van der Waals surface area contributed by atoms with Gasteiger partial charge in [0.05, 0.1) is 17.4 Å². The molecule has 2 saturated heterocycles. The summed E-state index contributed by atoms with van der Waals surface area (Å²) < 4.78 is 11.8. The molecule has 9 nitrogen and oxygen atoms in total. The molecule has 9 heteroatoms. The van der Waals surface area contributed by atoms with E-state index in [4.69, 9.17) is 9.26 Å². The van der Waals surface area contributed by atoms with E-state index >= 15 is 0 Å². The SMILES string of the molecule is Cc1cc(NC(=O)[C@@H]2[C@@H]3C(=O)N(c4ccc(C5CCCCC5)cc4)[C@H](C(=O)NC4CCCCC4)[C@@]34C=C[C@@]2(C)O4)no1. The smallest absolute Gasteiger partial charge is 0.246 e. The fourth-order valence-corrected chi connectivity index (χ4v) is 8.31. The zero-order valence-electron chi connectivity index (χ0n) is 24.4. The Balaban J connectivity index is 1.24. The quantitative estimate of drug-likeness (QED) is 0.462. The molecule has 0 radical (unpaired) electrons. The molecule has 7 rings (SSSR count). The van der Waals surface area contributed by atoms with Gasteiger partial charge in [-0.1, -0.05) is 68.0 Å². The van der Waals surface area contributed by atoms with E-state index in [1.165, 1.54) is 44.1 Å². The van der Waals surface area contributed by atoms with Gasteiger partial charge in [0, 0.05) is 17.8 Å². The molecule has 2 saturated carbocycles. The van der Waals surface area contributed by atoms with Crippen LogP contribution in [0.2, 0.25) is 0 Å². The largest absolute Gasteiger partial charge is 0.360 e. The Morgan fingerprint density at radius 1 is 0.952 bits per heavy atom. The van der Waals surface area contributed by atoms with Gasteiger partial charge in [0.15, 0.2) is 5.82 Å². The monoisotopic (exact) mass is 572 g/mol. The molecule has 2 N–H and O–H groups in total. The second kappa shape index (κ2) is 10.4. The first-order chi connectivity index (χ1) is 20.3. The van der Waals surface area contributed by atoms with Crippen LogP contribution >= 0.6 is 0 Å². The van der Waals surface area contributed by atoms with Gasteiger partial charge in [-0.15, -0.1) is 0 Å². The number of benzene rings is 1. The first-order valence-electron chi connectivity index (χ1n) is 15.7. The maximum absolute atomic E-state index is 14.5. The van der Waals surface area contributed by atoms with Crippen LogP contribution in [0.3, 0.4) is 0 Å². The summed E-state index contributed by atoms with van der Waals surface area (Å²) >= 11 is 0. The summed E-state index contributed by atoms with van der Waals surface area (Å²) in [7, 11) is 0. The van der Waals surface area contributed by atoms with Gasteiger partial charge in [0.1, 0.15) is 17.4 Å². The van der Waals surface area contributed by atoms with Crippen molar-refractivity contribution in [3.63, 3.8) is 0 Å². The normalized spacial score (nSPS) is 32.8. The maximum atomic E-state index is 14.5. The molecular weight excluding hydrogens is 532 g/mol. The number of carbonyl (C=O) groups is 3. The third-order valence-electron chi connectivity index (χ3n) is 10.3. The minimum atomic E-state index is -1.26. The number of nitrogens with zero attached hydrogens (tertiary/aromatic N) is 2. The average Bonchev–Trinajstić information content (AvgIpc) is 3.70. The van der Waals surface area contributed by atoms with Gasteiger partial charge in [-0.05, 0) is 63.1 Å². The standard InChI is InChI=1S/C33H40N4O5/c1-20-19-25(36-41-20)35-29(38)26-27-31(40)37(24-15-13-22(14-16-24)21-9-5-3-6-10-21)28(33(27)18-17-32(26,2)42-33)30(39)34-23-11-7-4-8-12-23/h13-19,21,23,26-28H,3-12H2,1-2H3,(H,34,39)(H,35,36,38)/t26-,27+,28+,32+,33+/m0/s1. The number of rotatable bonds is 6. The summed E-state index contributed by atoms with van der Waals surface area (Å²) in [6, 6.07) is 8.91. The van der Waals surface area contributed by atoms with E-state index in [2.05, 4.69) is 27.9 Å². The summed E-state index contributed by atoms with van der Waals surface area (Å²) in [5.74, 6) is -1.20. The van der Waals surface area contributed by atoms with Crippen LogP contribution in [0.5, 0.6) is 0 Å². The van der Waals surface area contributed by atoms with E-state index in [1.54, 1.807) is 17.9 Å². The van der Waals surface area contributed by atoms with Crippen molar-refractivity contribution in [3.05, 3.63) is 53.8 Å². The van der Waals surface area contributed by atoms with Crippen LogP contribution in [-0.4, -0.2) is 46.2 Å². The zero-order valence-corrected chi connectivity index (χ0v) is 24.4. The first-order valence-corrected chi connectivity index (χ1v) is 15.7. The number of fused-ring (bicyclic) bond motifs is 1. The molecule has 2 aliphatic carbocycles. The van der Waals surface area contributed by atoms with Crippen LogP contribution in [0.1, 0.15) is 88.4 Å². The van der Waals surface area contributed by atoms with Gasteiger partial charge in [-0.3, -0.25) is 19.3 Å². The predicted octanol–water partition coefficient (Wildman–Crippen LogP) is 5.16. The van der Waals surface area contributed by atoms with Crippen LogP contribution in [-0.2, 0) is 19.1 Å². The summed E-state index contributed by atoms with van der Waals surface area (Å²) in [4.78, 5) is 44.1. The lowest BCUT2D eigenvalue weighted by atomic mass is 9.70. The molecule has 1 aromatic carbocycles. The topological polar surface area (TPSA) is 114 Å². The molecule has 2 aromatic rings. The molecule has 1 spiro atoms. The highest BCUT2D eigenvalue weighted by molar-refractivity contribution is 6.11. The number of nitrogens with one attached hydrogen (secondary N) is 2. The molecule has 0 unspecified atom stereocenters. The summed E-state index contributed by atoms with van der Waals surface area (Å²) in [5.41, 5.74) is -0.363. The van der Waals surface area contributed by atoms with E-state index in [0.717, 1.165) is 25.7 Å². The molecule has 3 aliphatic heterocycles. The van der Waals surface area contributed by atoms with Gasteiger partial charge in [0.25, 0.3) is 0 Å². The van der Waals surface area contributed by atoms with Crippen LogP contribution in [0.25, 0.3) is 0 Å². The van der Waals surface area contributed by atoms with Crippen molar-refractivity contribution in [2.24, 2.45) is 11.8 Å². The Bertz CT molecular complexity index is 1410. The highest BCUT2D eigenvalue weighted by atomic mass is 16.5. The number of carbonyl (C=O) groups excluding carboxylic acids is 3. The minimum Gasteiger partial charge on any atom is -0.360 e. The molecule has 1 aromatic heterocycles. The number of aryl methyl sites for hydroxylation is 1. The van der Waals surface area contributed by atoms with Crippen LogP contribution in [0.4, 0.5) is 11.5 Å². The number of aromatic nitrogens is 1. The lowest BCUT2D eigenvalue weighted by Crippen LogP contribution is -2.56. The van der Waals surface area contributed by atoms with E-state index in [0.29, 0.717) is 17.4 Å². The predicted molar refractivity (Wildman–Crippen MR) is 157 cm³/mol. The molecule has 42 heavy (non-hydrogen) atoms. The van der Waals surface area contributed by atoms with Crippen molar-refractivity contribution in [1.82, 2.24) is 10.5 Å². The van der Waals surface area contributed by atoms with Gasteiger partial charge < -0.3 is 19.9 Å². The Labute approximate surface area is 246 Å². The van der Waals surface area contributed by atoms with Gasteiger partial charge in [-0.2, -0.15) is 0 Å². The van der Waals surface area contributed by atoms with Crippen LogP contribution < -0.4 is 15.5 Å². The molecular formula is C33H40N4O5. The fourth-order valence-electron chi connectivity index (χ4n) is 8.31. The average molecular weight is 573 g/mol. The fraction of sp³-hybridized carbons (Fsp3) is 0.576. The second-order valence-corrected chi connectivity index (χ2v) is 13.1. The summed E-state index contributed by atoms with van der Waals surface area (Å²) in [6.07, 6.45) is 15.0. The molecule has 3 amide bonds. The molecule has 4 fully saturated rings. The van der Waals surface area contributed by atoms with E-state index in [9.17, 15) is 14.4 Å². The molecule has 4 heterocycles. The van der Waals surface area contributed by atoms with Crippen molar-refractivity contribution >= 4 is 29.2 Å². The zero-order chi connectivity index (χ0) is 29.1.